The molecule has 3 N–H and O–H groups in total. The number of sulfonamides is 1. The molecule has 0 unspecified atom stereocenters. The second kappa shape index (κ2) is 12.0. The number of piperidine rings is 1. The number of nitrogens with zero attached hydrogens (tertiary/aromatic N) is 3. The number of hydrogen-bond acceptors (Lipinski definition) is 6. The fourth-order valence-corrected chi connectivity index (χ4v) is 7.57. The van der Waals surface area contributed by atoms with Crippen molar-refractivity contribution in [3.05, 3.63) is 70.3 Å². The lowest BCUT2D eigenvalue weighted by atomic mass is 9.89. The average molecular weight is 634 g/mol. The molecule has 44 heavy (non-hydrogen) atoms. The molecule has 1 spiro atoms. The van der Waals surface area contributed by atoms with Crippen LogP contribution in [-0.2, 0) is 32.2 Å². The van der Waals surface area contributed by atoms with Crippen LogP contribution in [-0.4, -0.2) is 78.7 Å². The van der Waals surface area contributed by atoms with Gasteiger partial charge in [0.15, 0.2) is 0 Å². The summed E-state index contributed by atoms with van der Waals surface area (Å²) >= 11 is 0. The number of halogens is 3. The van der Waals surface area contributed by atoms with Crippen molar-refractivity contribution in [3.63, 3.8) is 0 Å². The van der Waals surface area contributed by atoms with Gasteiger partial charge >= 0.3 is 6.18 Å². The molecule has 5 rings (SSSR count). The monoisotopic (exact) mass is 633 g/mol. The van der Waals surface area contributed by atoms with Crippen LogP contribution in [0, 0.1) is 12.8 Å². The third-order valence-electron chi connectivity index (χ3n) is 8.67. The van der Waals surface area contributed by atoms with Gasteiger partial charge in [-0.1, -0.05) is 18.2 Å². The highest BCUT2D eigenvalue weighted by molar-refractivity contribution is 7.89. The Morgan fingerprint density at radius 2 is 1.84 bits per heavy atom. The molecule has 2 fully saturated rings. The van der Waals surface area contributed by atoms with Crippen LogP contribution in [0.1, 0.15) is 58.3 Å². The Kier molecular flexibility index (Phi) is 8.60. The third-order valence-corrected chi connectivity index (χ3v) is 10.5. The van der Waals surface area contributed by atoms with E-state index in [1.807, 2.05) is 6.92 Å². The maximum atomic E-state index is 13.2. The molecular weight excluding hydrogens is 599 g/mol. The van der Waals surface area contributed by atoms with Crippen molar-refractivity contribution < 1.29 is 36.0 Å². The zero-order valence-electron chi connectivity index (χ0n) is 24.2. The van der Waals surface area contributed by atoms with E-state index >= 15 is 0 Å². The Bertz CT molecular complexity index is 1620. The molecule has 10 nitrogen and oxygen atoms in total. The molecule has 3 amide bonds. The molecule has 0 aliphatic carbocycles. The normalized spacial score (nSPS) is 20.5. The van der Waals surface area contributed by atoms with Gasteiger partial charge in [-0.25, -0.2) is 12.7 Å². The summed E-state index contributed by atoms with van der Waals surface area (Å²) < 4.78 is 67.2. The minimum atomic E-state index is -4.54. The molecule has 0 bridgehead atoms. The second-order valence-electron chi connectivity index (χ2n) is 11.7. The topological polar surface area (TPSA) is 142 Å². The van der Waals surface area contributed by atoms with Gasteiger partial charge < -0.3 is 16.0 Å². The molecule has 2 aromatic rings. The number of amides is 3. The van der Waals surface area contributed by atoms with Crippen molar-refractivity contribution in [2.75, 3.05) is 31.9 Å². The van der Waals surface area contributed by atoms with E-state index in [4.69, 9.17) is 5.73 Å². The number of alkyl halides is 3. The lowest BCUT2D eigenvalue weighted by Gasteiger charge is -2.34. The van der Waals surface area contributed by atoms with Gasteiger partial charge in [0.05, 0.1) is 11.3 Å². The Morgan fingerprint density at radius 1 is 1.11 bits per heavy atom. The molecule has 0 aromatic heterocycles. The van der Waals surface area contributed by atoms with Gasteiger partial charge in [-0.05, 0) is 73.9 Å². The highest BCUT2D eigenvalue weighted by atomic mass is 32.2. The van der Waals surface area contributed by atoms with E-state index in [-0.39, 0.29) is 73.7 Å². The lowest BCUT2D eigenvalue weighted by molar-refractivity contribution is -0.137. The predicted octanol–water partition coefficient (Wildman–Crippen LogP) is 2.63. The number of hydrogen-bond donors (Lipinski definition) is 2. The van der Waals surface area contributed by atoms with E-state index in [1.54, 1.807) is 23.1 Å². The number of likely N-dealkylation sites (tertiary alicyclic amines) is 1. The highest BCUT2D eigenvalue weighted by Gasteiger charge is 2.47. The Morgan fingerprint density at radius 3 is 2.50 bits per heavy atom. The van der Waals surface area contributed by atoms with E-state index < -0.39 is 33.2 Å². The minimum absolute atomic E-state index is 0.0463. The quantitative estimate of drug-likeness (QED) is 0.460. The number of primary amides is 1. The van der Waals surface area contributed by atoms with Crippen LogP contribution in [0.4, 0.5) is 13.2 Å². The number of nitrogens with two attached hydrogens (primary N) is 1. The minimum Gasteiger partial charge on any atom is -0.370 e. The third kappa shape index (κ3) is 6.65. The van der Waals surface area contributed by atoms with Crippen LogP contribution >= 0.6 is 0 Å². The molecule has 3 aliphatic heterocycles. The van der Waals surface area contributed by atoms with Crippen molar-refractivity contribution in [1.82, 2.24) is 14.5 Å². The molecule has 3 heterocycles. The number of nitrogens with one attached hydrogen (secondary N) is 1. The lowest BCUT2D eigenvalue weighted by Crippen LogP contribution is -2.50. The number of carbonyl (C=O) groups is 3. The van der Waals surface area contributed by atoms with E-state index in [0.717, 1.165) is 29.7 Å². The molecule has 14 heteroatoms. The molecule has 0 saturated carbocycles. The Hall–Kier alpha value is -3.78. The largest absolute Gasteiger partial charge is 0.416 e. The van der Waals surface area contributed by atoms with Gasteiger partial charge in [0.1, 0.15) is 11.4 Å². The SMILES string of the molecule is Cc1cc(C(=O)N2CC[C@H](CC(N)=O)C2)ccc1CCS(=O)(=O)N1CCC2(CC1)N=C(c1cccc(C(F)(F)F)c1)NC2=O. The molecule has 3 aliphatic rings. The summed E-state index contributed by atoms with van der Waals surface area (Å²) in [4.78, 5) is 43.2. The summed E-state index contributed by atoms with van der Waals surface area (Å²) in [7, 11) is -3.69. The van der Waals surface area contributed by atoms with Gasteiger partial charge in [0, 0.05) is 43.7 Å². The maximum Gasteiger partial charge on any atom is 0.416 e. The first-order valence-corrected chi connectivity index (χ1v) is 16.0. The molecule has 1 atom stereocenters. The van der Waals surface area contributed by atoms with E-state index in [1.165, 1.54) is 16.4 Å². The van der Waals surface area contributed by atoms with Crippen LogP contribution in [0.5, 0.6) is 0 Å². The predicted molar refractivity (Wildman–Crippen MR) is 156 cm³/mol. The first-order valence-electron chi connectivity index (χ1n) is 14.4. The van der Waals surface area contributed by atoms with E-state index in [9.17, 15) is 36.0 Å². The van der Waals surface area contributed by atoms with Crippen LogP contribution in [0.25, 0.3) is 0 Å². The number of carbonyl (C=O) groups excluding carboxylic acids is 3. The van der Waals surface area contributed by atoms with Crippen LogP contribution < -0.4 is 11.1 Å². The fraction of sp³-hybridized carbons (Fsp3) is 0.467. The summed E-state index contributed by atoms with van der Waals surface area (Å²) in [6.07, 6.45) is -3.14. The Labute approximate surface area is 253 Å². The number of amidine groups is 1. The maximum absolute atomic E-state index is 13.2. The van der Waals surface area contributed by atoms with Crippen molar-refractivity contribution in [2.24, 2.45) is 16.6 Å². The highest BCUT2D eigenvalue weighted by Crippen LogP contribution is 2.34. The molecular formula is C30H34F3N5O5S. The smallest absolute Gasteiger partial charge is 0.370 e. The summed E-state index contributed by atoms with van der Waals surface area (Å²) in [6, 6.07) is 9.73. The summed E-state index contributed by atoms with van der Waals surface area (Å²) in [6.45, 7) is 2.94. The molecule has 2 aromatic carbocycles. The van der Waals surface area contributed by atoms with E-state index in [0.29, 0.717) is 18.7 Å². The van der Waals surface area contributed by atoms with Crippen molar-refractivity contribution in [2.45, 2.75) is 50.7 Å². The van der Waals surface area contributed by atoms with Crippen molar-refractivity contribution in [3.8, 4) is 0 Å². The van der Waals surface area contributed by atoms with Crippen molar-refractivity contribution >= 4 is 33.6 Å². The van der Waals surface area contributed by atoms with Crippen LogP contribution in [0.3, 0.4) is 0 Å². The van der Waals surface area contributed by atoms with Gasteiger partial charge in [0.2, 0.25) is 15.9 Å². The zero-order chi connectivity index (χ0) is 31.9. The van der Waals surface area contributed by atoms with Gasteiger partial charge in [-0.3, -0.25) is 19.4 Å². The van der Waals surface area contributed by atoms with Gasteiger partial charge in [-0.15, -0.1) is 0 Å². The number of aliphatic imine (C=N–C) groups is 1. The first-order chi connectivity index (χ1) is 20.7. The van der Waals surface area contributed by atoms with Gasteiger partial charge in [0.25, 0.3) is 11.8 Å². The molecule has 0 radical (unpaired) electrons. The zero-order valence-corrected chi connectivity index (χ0v) is 25.0. The van der Waals surface area contributed by atoms with Gasteiger partial charge in [-0.2, -0.15) is 13.2 Å². The van der Waals surface area contributed by atoms with E-state index in [2.05, 4.69) is 10.3 Å². The number of rotatable bonds is 8. The summed E-state index contributed by atoms with van der Waals surface area (Å²) in [5, 5.41) is 2.59. The van der Waals surface area contributed by atoms with Crippen LogP contribution in [0.2, 0.25) is 0 Å². The molecule has 236 valence electrons. The number of benzene rings is 2. The van der Waals surface area contributed by atoms with Crippen LogP contribution in [0.15, 0.2) is 47.5 Å². The van der Waals surface area contributed by atoms with Crippen molar-refractivity contribution in [1.29, 1.82) is 0 Å². The second-order valence-corrected chi connectivity index (χ2v) is 13.8. The fourth-order valence-electron chi connectivity index (χ4n) is 6.10. The summed E-state index contributed by atoms with van der Waals surface area (Å²) in [5.74, 6) is -1.05. The summed E-state index contributed by atoms with van der Waals surface area (Å²) in [5.41, 5.74) is 5.40. The number of aryl methyl sites for hydroxylation is 2. The Balaban J connectivity index is 1.18. The average Bonchev–Trinajstić information content (AvgIpc) is 3.55. The molecule has 2 saturated heterocycles. The standard InChI is InChI=1S/C30H34F3N5O5S/c1-19-15-23(27(40)37-11-7-20(18-37)16-25(34)39)6-5-21(19)8-14-44(42,43)38-12-9-29(10-13-38)28(41)35-26(36-29)22-3-2-4-24(17-22)30(31,32)33/h2-6,15,17,20H,7-14,16,18H2,1H3,(H2,34,39)(H,35,36,41)/t20-/m1/s1. The first kappa shape index (κ1) is 31.6.